The maximum atomic E-state index is 13.3. The Bertz CT molecular complexity index is 778. The van der Waals surface area contributed by atoms with E-state index in [9.17, 15) is 23.1 Å². The van der Waals surface area contributed by atoms with Crippen LogP contribution in [0, 0.1) is 11.3 Å². The minimum absolute atomic E-state index is 0.0451. The van der Waals surface area contributed by atoms with Crippen molar-refractivity contribution in [2.24, 2.45) is 11.3 Å². The fourth-order valence-corrected chi connectivity index (χ4v) is 5.56. The first kappa shape index (κ1) is 20.7. The lowest BCUT2D eigenvalue weighted by Crippen LogP contribution is -2.62. The highest BCUT2D eigenvalue weighted by atomic mass is 19.4. The standard InChI is InChI=1S/C23H30F3NO2/c1-3-15-8-17(10-19(9-15)23(24,25)26)16-4-6-22(7-5-16)13-27(14-22)20(28)18-11-21(2,29)12-18/h8-10,16,18,29H,3-7,11-14H2,1-2H3/t18-,21+. The lowest BCUT2D eigenvalue weighted by molar-refractivity contribution is -0.163. The number of alkyl halides is 3. The summed E-state index contributed by atoms with van der Waals surface area (Å²) in [4.78, 5) is 14.4. The zero-order chi connectivity index (χ0) is 21.0. The molecular weight excluding hydrogens is 379 g/mol. The molecule has 29 heavy (non-hydrogen) atoms. The Morgan fingerprint density at radius 3 is 2.31 bits per heavy atom. The molecule has 1 aromatic carbocycles. The number of halogens is 3. The summed E-state index contributed by atoms with van der Waals surface area (Å²) in [5, 5.41) is 9.85. The van der Waals surface area contributed by atoms with Crippen molar-refractivity contribution in [3.63, 3.8) is 0 Å². The molecule has 0 radical (unpaired) electrons. The van der Waals surface area contributed by atoms with Crippen LogP contribution in [0.4, 0.5) is 13.2 Å². The number of carbonyl (C=O) groups is 1. The van der Waals surface area contributed by atoms with Gasteiger partial charge in [-0.05, 0) is 81.0 Å². The van der Waals surface area contributed by atoms with Crippen LogP contribution >= 0.6 is 0 Å². The zero-order valence-electron chi connectivity index (χ0n) is 17.2. The van der Waals surface area contributed by atoms with Crippen molar-refractivity contribution in [3.05, 3.63) is 34.9 Å². The maximum Gasteiger partial charge on any atom is 0.416 e. The lowest BCUT2D eigenvalue weighted by Gasteiger charge is -2.55. The summed E-state index contributed by atoms with van der Waals surface area (Å²) in [7, 11) is 0. The van der Waals surface area contributed by atoms with E-state index in [2.05, 4.69) is 0 Å². The van der Waals surface area contributed by atoms with Gasteiger partial charge in [0.1, 0.15) is 0 Å². The molecule has 1 amide bonds. The summed E-state index contributed by atoms with van der Waals surface area (Å²) in [6, 6.07) is 4.54. The van der Waals surface area contributed by atoms with Crippen LogP contribution < -0.4 is 0 Å². The molecule has 0 bridgehead atoms. The van der Waals surface area contributed by atoms with Gasteiger partial charge in [0.2, 0.25) is 5.91 Å². The molecule has 6 heteroatoms. The number of hydrogen-bond acceptors (Lipinski definition) is 2. The molecule has 1 aliphatic heterocycles. The first-order valence-corrected chi connectivity index (χ1v) is 10.7. The molecule has 1 saturated heterocycles. The monoisotopic (exact) mass is 409 g/mol. The molecule has 1 N–H and O–H groups in total. The van der Waals surface area contributed by atoms with Crippen LogP contribution in [0.15, 0.2) is 18.2 Å². The van der Waals surface area contributed by atoms with E-state index in [1.165, 1.54) is 12.1 Å². The van der Waals surface area contributed by atoms with Crippen LogP contribution in [0.1, 0.15) is 75.0 Å². The van der Waals surface area contributed by atoms with E-state index < -0.39 is 17.3 Å². The number of hydrogen-bond donors (Lipinski definition) is 1. The summed E-state index contributed by atoms with van der Waals surface area (Å²) in [5.41, 5.74) is 0.475. The van der Waals surface area contributed by atoms with Gasteiger partial charge in [-0.1, -0.05) is 13.0 Å². The summed E-state index contributed by atoms with van der Waals surface area (Å²) in [5.74, 6) is 0.283. The molecule has 1 aromatic rings. The van der Waals surface area contributed by atoms with Crippen molar-refractivity contribution < 1.29 is 23.1 Å². The molecule has 2 aliphatic carbocycles. The van der Waals surface area contributed by atoms with Crippen molar-refractivity contribution in [1.82, 2.24) is 4.90 Å². The third kappa shape index (κ3) is 4.05. The molecule has 1 spiro atoms. The predicted octanol–water partition coefficient (Wildman–Crippen LogP) is 4.92. The number of aryl methyl sites for hydroxylation is 1. The SMILES string of the molecule is CCc1cc(C2CCC3(CC2)CN(C(=O)[C@H]2C[C@@](C)(O)C2)C3)cc(C(F)(F)F)c1. The van der Waals surface area contributed by atoms with Crippen molar-refractivity contribution in [2.45, 2.75) is 76.5 Å². The van der Waals surface area contributed by atoms with Crippen LogP contribution in [-0.2, 0) is 17.4 Å². The predicted molar refractivity (Wildman–Crippen MR) is 104 cm³/mol. The van der Waals surface area contributed by atoms with E-state index in [4.69, 9.17) is 0 Å². The van der Waals surface area contributed by atoms with Crippen molar-refractivity contribution in [1.29, 1.82) is 0 Å². The molecule has 1 heterocycles. The Labute approximate surface area is 170 Å². The molecule has 3 nitrogen and oxygen atoms in total. The number of carbonyl (C=O) groups excluding carboxylic acids is 1. The fourth-order valence-electron chi connectivity index (χ4n) is 5.56. The van der Waals surface area contributed by atoms with Gasteiger partial charge in [-0.3, -0.25) is 4.79 Å². The number of likely N-dealkylation sites (tertiary alicyclic amines) is 1. The highest BCUT2D eigenvalue weighted by molar-refractivity contribution is 5.81. The Kier molecular flexibility index (Phi) is 5.00. The molecule has 3 fully saturated rings. The second-order valence-corrected chi connectivity index (χ2v) is 9.89. The molecule has 3 aliphatic rings. The third-order valence-electron chi connectivity index (χ3n) is 7.35. The van der Waals surface area contributed by atoms with Crippen molar-refractivity contribution in [3.8, 4) is 0 Å². The van der Waals surface area contributed by atoms with Gasteiger partial charge in [0.05, 0.1) is 11.2 Å². The van der Waals surface area contributed by atoms with E-state index in [-0.39, 0.29) is 23.2 Å². The minimum atomic E-state index is -4.31. The maximum absolute atomic E-state index is 13.3. The Morgan fingerprint density at radius 1 is 1.17 bits per heavy atom. The van der Waals surface area contributed by atoms with Gasteiger partial charge in [0, 0.05) is 24.4 Å². The quantitative estimate of drug-likeness (QED) is 0.770. The molecule has 160 valence electrons. The topological polar surface area (TPSA) is 40.5 Å². The molecular formula is C23H30F3NO2. The summed E-state index contributed by atoms with van der Waals surface area (Å²) in [6.45, 7) is 5.18. The van der Waals surface area contributed by atoms with Crippen LogP contribution in [0.2, 0.25) is 0 Å². The van der Waals surface area contributed by atoms with Gasteiger partial charge in [-0.2, -0.15) is 13.2 Å². The number of nitrogens with zero attached hydrogens (tertiary/aromatic N) is 1. The molecule has 0 unspecified atom stereocenters. The summed E-state index contributed by atoms with van der Waals surface area (Å²) >= 11 is 0. The smallest absolute Gasteiger partial charge is 0.390 e. The summed E-state index contributed by atoms with van der Waals surface area (Å²) in [6.07, 6.45) is 1.06. The number of aliphatic hydroxyl groups is 1. The van der Waals surface area contributed by atoms with Crippen LogP contribution in [0.25, 0.3) is 0 Å². The number of benzene rings is 1. The van der Waals surface area contributed by atoms with Gasteiger partial charge in [-0.25, -0.2) is 0 Å². The van der Waals surface area contributed by atoms with Gasteiger partial charge < -0.3 is 10.0 Å². The van der Waals surface area contributed by atoms with Gasteiger partial charge in [0.15, 0.2) is 0 Å². The zero-order valence-corrected chi connectivity index (χ0v) is 17.2. The normalized spacial score (nSPS) is 29.4. The highest BCUT2D eigenvalue weighted by Crippen LogP contribution is 2.50. The van der Waals surface area contributed by atoms with Crippen LogP contribution in [0.3, 0.4) is 0 Å². The largest absolute Gasteiger partial charge is 0.416 e. The second-order valence-electron chi connectivity index (χ2n) is 9.89. The number of rotatable bonds is 3. The third-order valence-corrected chi connectivity index (χ3v) is 7.35. The van der Waals surface area contributed by atoms with Gasteiger partial charge in [0.25, 0.3) is 0 Å². The highest BCUT2D eigenvalue weighted by Gasteiger charge is 2.51. The van der Waals surface area contributed by atoms with E-state index in [1.807, 2.05) is 17.9 Å². The molecule has 0 atom stereocenters. The molecule has 2 saturated carbocycles. The summed E-state index contributed by atoms with van der Waals surface area (Å²) < 4.78 is 39.8. The van der Waals surface area contributed by atoms with Gasteiger partial charge >= 0.3 is 6.18 Å². The first-order chi connectivity index (χ1) is 13.5. The van der Waals surface area contributed by atoms with Gasteiger partial charge in [-0.15, -0.1) is 0 Å². The van der Waals surface area contributed by atoms with Crippen molar-refractivity contribution in [2.75, 3.05) is 13.1 Å². The lowest BCUT2D eigenvalue weighted by atomic mass is 9.63. The van der Waals surface area contributed by atoms with Crippen LogP contribution in [0.5, 0.6) is 0 Å². The van der Waals surface area contributed by atoms with E-state index in [1.54, 1.807) is 6.92 Å². The first-order valence-electron chi connectivity index (χ1n) is 10.7. The van der Waals surface area contributed by atoms with E-state index in [0.717, 1.165) is 49.9 Å². The molecule has 0 aromatic heterocycles. The average molecular weight is 409 g/mol. The second kappa shape index (κ2) is 7.00. The van der Waals surface area contributed by atoms with E-state index in [0.29, 0.717) is 19.3 Å². The minimum Gasteiger partial charge on any atom is -0.390 e. The van der Waals surface area contributed by atoms with Crippen molar-refractivity contribution >= 4 is 5.91 Å². The Balaban J connectivity index is 1.35. The fraction of sp³-hybridized carbons (Fsp3) is 0.696. The van der Waals surface area contributed by atoms with E-state index >= 15 is 0 Å². The molecule has 4 rings (SSSR count). The Morgan fingerprint density at radius 2 is 1.79 bits per heavy atom. The average Bonchev–Trinajstić information content (AvgIpc) is 2.62. The van der Waals surface area contributed by atoms with Crippen LogP contribution in [-0.4, -0.2) is 34.6 Å². The number of amides is 1. The Hall–Kier alpha value is -1.56.